The molecule has 3 N–H and O–H groups in total. The molecule has 0 fully saturated rings. The SMILES string of the molecule is Cc1[nH]n(C(N)=S)c(=O)c1N=Nc1c(Cl)cccc1Cl. The number of aromatic nitrogens is 2. The van der Waals surface area contributed by atoms with E-state index in [2.05, 4.69) is 15.3 Å². The third-order valence-electron chi connectivity index (χ3n) is 2.45. The number of hydrogen-bond donors (Lipinski definition) is 2. The number of aromatic amines is 1. The number of hydrogen-bond acceptors (Lipinski definition) is 4. The summed E-state index contributed by atoms with van der Waals surface area (Å²) < 4.78 is 1.01. The van der Waals surface area contributed by atoms with Gasteiger partial charge in [0, 0.05) is 0 Å². The fourth-order valence-electron chi connectivity index (χ4n) is 1.50. The van der Waals surface area contributed by atoms with E-state index < -0.39 is 5.56 Å². The van der Waals surface area contributed by atoms with Crippen LogP contribution in [0.3, 0.4) is 0 Å². The second-order valence-corrected chi connectivity index (χ2v) is 5.07. The second kappa shape index (κ2) is 5.74. The lowest BCUT2D eigenvalue weighted by molar-refractivity contribution is 0.889. The maximum atomic E-state index is 12.0. The van der Waals surface area contributed by atoms with Gasteiger partial charge in [0.1, 0.15) is 5.69 Å². The van der Waals surface area contributed by atoms with Gasteiger partial charge in [-0.15, -0.1) is 10.2 Å². The summed E-state index contributed by atoms with van der Waals surface area (Å²) in [6.07, 6.45) is 0. The highest BCUT2D eigenvalue weighted by Gasteiger charge is 2.12. The lowest BCUT2D eigenvalue weighted by atomic mass is 10.3. The van der Waals surface area contributed by atoms with Crippen molar-refractivity contribution >= 4 is 51.9 Å². The highest BCUT2D eigenvalue weighted by Crippen LogP contribution is 2.33. The Morgan fingerprint density at radius 2 is 1.85 bits per heavy atom. The van der Waals surface area contributed by atoms with Crippen LogP contribution in [0.4, 0.5) is 11.4 Å². The molecule has 0 saturated carbocycles. The van der Waals surface area contributed by atoms with Gasteiger partial charge >= 0.3 is 5.56 Å². The zero-order chi connectivity index (χ0) is 14.9. The molecule has 2 rings (SSSR count). The molecular formula is C11H9Cl2N5OS. The molecule has 0 bridgehead atoms. The van der Waals surface area contributed by atoms with Crippen molar-refractivity contribution in [1.29, 1.82) is 0 Å². The molecule has 0 atom stereocenters. The van der Waals surface area contributed by atoms with Gasteiger partial charge in [-0.25, -0.2) is 0 Å². The molecule has 0 unspecified atom stereocenters. The summed E-state index contributed by atoms with van der Waals surface area (Å²) in [5, 5.41) is 11.1. The Bertz CT molecular complexity index is 744. The van der Waals surface area contributed by atoms with Crippen LogP contribution >= 0.6 is 35.4 Å². The first-order valence-corrected chi connectivity index (χ1v) is 6.55. The van der Waals surface area contributed by atoms with Crippen molar-refractivity contribution in [2.75, 3.05) is 0 Å². The van der Waals surface area contributed by atoms with Crippen LogP contribution in [0.1, 0.15) is 5.69 Å². The topological polar surface area (TPSA) is 88.5 Å². The standard InChI is InChI=1S/C11H9Cl2N5OS/c1-5-8(10(19)18(17-5)11(14)20)15-16-9-6(12)3-2-4-7(9)13/h2-4,17H,1H3,(H2,14,20). The monoisotopic (exact) mass is 329 g/mol. The van der Waals surface area contributed by atoms with Gasteiger partial charge in [0.2, 0.25) is 0 Å². The molecule has 0 spiro atoms. The second-order valence-electron chi connectivity index (χ2n) is 3.83. The van der Waals surface area contributed by atoms with E-state index in [1.807, 2.05) is 0 Å². The highest BCUT2D eigenvalue weighted by atomic mass is 35.5. The van der Waals surface area contributed by atoms with Crippen LogP contribution in [0.5, 0.6) is 0 Å². The Labute approximate surface area is 129 Å². The lowest BCUT2D eigenvalue weighted by Gasteiger charge is -1.98. The molecule has 2 aromatic rings. The summed E-state index contributed by atoms with van der Waals surface area (Å²) in [4.78, 5) is 12.0. The van der Waals surface area contributed by atoms with Gasteiger partial charge < -0.3 is 5.73 Å². The van der Waals surface area contributed by atoms with Crippen LogP contribution in [-0.2, 0) is 0 Å². The zero-order valence-electron chi connectivity index (χ0n) is 10.2. The molecule has 1 aromatic carbocycles. The van der Waals surface area contributed by atoms with Crippen molar-refractivity contribution in [3.8, 4) is 0 Å². The Kier molecular flexibility index (Phi) is 4.22. The van der Waals surface area contributed by atoms with E-state index in [9.17, 15) is 4.79 Å². The number of nitrogens with zero attached hydrogens (tertiary/aromatic N) is 3. The van der Waals surface area contributed by atoms with Gasteiger partial charge in [-0.3, -0.25) is 9.89 Å². The van der Waals surface area contributed by atoms with E-state index in [0.717, 1.165) is 4.68 Å². The van der Waals surface area contributed by atoms with Gasteiger partial charge in [0.15, 0.2) is 10.8 Å². The van der Waals surface area contributed by atoms with Crippen molar-refractivity contribution < 1.29 is 0 Å². The number of thiocarbonyl (C=S) groups is 1. The van der Waals surface area contributed by atoms with Crippen molar-refractivity contribution in [3.63, 3.8) is 0 Å². The normalized spacial score (nSPS) is 11.2. The number of nitrogens with one attached hydrogen (secondary N) is 1. The van der Waals surface area contributed by atoms with Gasteiger partial charge in [0.25, 0.3) is 0 Å². The molecule has 1 heterocycles. The maximum absolute atomic E-state index is 12.0. The number of halogens is 2. The molecule has 104 valence electrons. The number of rotatable bonds is 2. The highest BCUT2D eigenvalue weighted by molar-refractivity contribution is 7.80. The fourth-order valence-corrected chi connectivity index (χ4v) is 2.10. The van der Waals surface area contributed by atoms with E-state index in [-0.39, 0.29) is 16.5 Å². The molecule has 0 amide bonds. The van der Waals surface area contributed by atoms with Gasteiger partial charge in [-0.05, 0) is 31.3 Å². The van der Waals surface area contributed by atoms with Crippen LogP contribution in [0.25, 0.3) is 0 Å². The van der Waals surface area contributed by atoms with Crippen molar-refractivity contribution in [1.82, 2.24) is 9.78 Å². The summed E-state index contributed by atoms with van der Waals surface area (Å²) in [6.45, 7) is 1.65. The predicted octanol–water partition coefficient (Wildman–Crippen LogP) is 3.30. The van der Waals surface area contributed by atoms with Gasteiger partial charge in [0.05, 0.1) is 15.7 Å². The van der Waals surface area contributed by atoms with Gasteiger partial charge in [-0.1, -0.05) is 29.3 Å². The molecule has 6 nitrogen and oxygen atoms in total. The summed E-state index contributed by atoms with van der Waals surface area (Å²) in [6, 6.07) is 4.93. The van der Waals surface area contributed by atoms with E-state index in [0.29, 0.717) is 15.7 Å². The summed E-state index contributed by atoms with van der Waals surface area (Å²) in [5.74, 6) is 0. The smallest absolute Gasteiger partial charge is 0.301 e. The molecule has 9 heteroatoms. The third kappa shape index (κ3) is 2.74. The summed E-state index contributed by atoms with van der Waals surface area (Å²) >= 11 is 16.7. The first-order chi connectivity index (χ1) is 9.41. The Hall–Kier alpha value is -1.70. The van der Waals surface area contributed by atoms with E-state index in [1.165, 1.54) is 0 Å². The minimum atomic E-state index is -0.484. The van der Waals surface area contributed by atoms with E-state index >= 15 is 0 Å². The molecule has 0 aliphatic heterocycles. The predicted molar refractivity (Wildman–Crippen MR) is 82.6 cm³/mol. The molecule has 0 saturated heterocycles. The zero-order valence-corrected chi connectivity index (χ0v) is 12.6. The number of aryl methyl sites for hydroxylation is 1. The minimum absolute atomic E-state index is 0.0915. The van der Waals surface area contributed by atoms with Gasteiger partial charge in [-0.2, -0.15) is 4.68 Å². The Morgan fingerprint density at radius 3 is 2.35 bits per heavy atom. The first kappa shape index (κ1) is 14.7. The molecule has 0 radical (unpaired) electrons. The van der Waals surface area contributed by atoms with E-state index in [1.54, 1.807) is 25.1 Å². The quantitative estimate of drug-likeness (QED) is 0.654. The lowest BCUT2D eigenvalue weighted by Crippen LogP contribution is -2.29. The first-order valence-electron chi connectivity index (χ1n) is 5.39. The third-order valence-corrected chi connectivity index (χ3v) is 3.24. The number of azo groups is 1. The fraction of sp³-hybridized carbons (Fsp3) is 0.0909. The maximum Gasteiger partial charge on any atom is 0.301 e. The summed E-state index contributed by atoms with van der Waals surface area (Å²) in [5.41, 5.74) is 5.78. The molecule has 0 aliphatic carbocycles. The largest absolute Gasteiger partial charge is 0.374 e. The van der Waals surface area contributed by atoms with Crippen molar-refractivity contribution in [2.24, 2.45) is 16.0 Å². The number of nitrogens with two attached hydrogens (primary N) is 1. The Morgan fingerprint density at radius 1 is 1.30 bits per heavy atom. The van der Waals surface area contributed by atoms with Crippen LogP contribution in [0, 0.1) is 6.92 Å². The number of benzene rings is 1. The minimum Gasteiger partial charge on any atom is -0.374 e. The number of H-pyrrole nitrogens is 1. The average Bonchev–Trinajstić information content (AvgIpc) is 2.65. The van der Waals surface area contributed by atoms with Crippen molar-refractivity contribution in [2.45, 2.75) is 6.92 Å². The molecule has 0 aliphatic rings. The van der Waals surface area contributed by atoms with Crippen LogP contribution in [0.2, 0.25) is 10.0 Å². The van der Waals surface area contributed by atoms with Crippen LogP contribution in [0.15, 0.2) is 33.2 Å². The average molecular weight is 330 g/mol. The summed E-state index contributed by atoms with van der Waals surface area (Å²) in [7, 11) is 0. The molecule has 1 aromatic heterocycles. The van der Waals surface area contributed by atoms with Crippen LogP contribution < -0.4 is 11.3 Å². The Balaban J connectivity index is 2.48. The molecular weight excluding hydrogens is 321 g/mol. The van der Waals surface area contributed by atoms with Crippen LogP contribution in [-0.4, -0.2) is 14.9 Å². The van der Waals surface area contributed by atoms with Crippen molar-refractivity contribution in [3.05, 3.63) is 44.3 Å². The molecule has 20 heavy (non-hydrogen) atoms. The van der Waals surface area contributed by atoms with E-state index in [4.69, 9.17) is 41.2 Å².